The zero-order valence-corrected chi connectivity index (χ0v) is 20.0. The minimum absolute atomic E-state index is 0.264. The number of nitrogens with zero attached hydrogens (tertiary/aromatic N) is 5. The highest BCUT2D eigenvalue weighted by Crippen LogP contribution is 2.22. The van der Waals surface area contributed by atoms with Crippen LogP contribution in [-0.2, 0) is 17.6 Å². The van der Waals surface area contributed by atoms with Gasteiger partial charge in [-0.15, -0.1) is 11.3 Å². The number of pyridine rings is 1. The predicted molar refractivity (Wildman–Crippen MR) is 131 cm³/mol. The average Bonchev–Trinajstić information content (AvgIpc) is 3.27. The molecule has 4 heterocycles. The van der Waals surface area contributed by atoms with Gasteiger partial charge in [0.25, 0.3) is 5.56 Å². The summed E-state index contributed by atoms with van der Waals surface area (Å²) in [5.41, 5.74) is 2.82. The van der Waals surface area contributed by atoms with Gasteiger partial charge in [-0.25, -0.2) is 14.8 Å². The van der Waals surface area contributed by atoms with E-state index in [4.69, 9.17) is 15.1 Å². The van der Waals surface area contributed by atoms with Crippen LogP contribution in [0.3, 0.4) is 0 Å². The van der Waals surface area contributed by atoms with Crippen LogP contribution in [0.2, 0.25) is 0 Å². The monoisotopic (exact) mass is 467 g/mol. The summed E-state index contributed by atoms with van der Waals surface area (Å²) < 4.78 is 1.49. The Hall–Kier alpha value is -3.04. The number of hydrogen-bond acceptors (Lipinski definition) is 7. The number of likely N-dealkylation sites (N-methyl/N-ethyl adjacent to an activating group) is 1. The van der Waals surface area contributed by atoms with Gasteiger partial charge in [0.1, 0.15) is 11.5 Å². The van der Waals surface area contributed by atoms with Gasteiger partial charge in [-0.2, -0.15) is 0 Å². The molecule has 0 spiro atoms. The number of thiazole rings is 1. The lowest BCUT2D eigenvalue weighted by Crippen LogP contribution is -2.45. The maximum atomic E-state index is 13.3. The van der Waals surface area contributed by atoms with Crippen molar-refractivity contribution >= 4 is 34.8 Å². The third-order valence-electron chi connectivity index (χ3n) is 5.89. The summed E-state index contributed by atoms with van der Waals surface area (Å²) in [5.74, 6) is -0.129. The molecule has 3 aromatic rings. The fourth-order valence-corrected chi connectivity index (χ4v) is 4.81. The summed E-state index contributed by atoms with van der Waals surface area (Å²) >= 11 is 1.69. The van der Waals surface area contributed by atoms with Crippen molar-refractivity contribution in [2.24, 2.45) is 0 Å². The molecule has 8 nitrogen and oxygen atoms in total. The van der Waals surface area contributed by atoms with Crippen LogP contribution in [0.4, 0.5) is 5.82 Å². The number of carboxylic acid groups (broad SMARTS) is 1. The van der Waals surface area contributed by atoms with E-state index >= 15 is 0 Å². The third kappa shape index (κ3) is 5.31. The standard InChI is InChI=1S/C24H29N5O3S/c1-16(2)19-15-33-21(25-19)6-4-17-8-9-29-20(14-17)26-23(28-12-10-27(3)11-13-28)18(24(29)32)5-7-22(30)31/h5,7-9,14-16H,4,6,10-13H2,1-3H3,(H,30,31)/b7-5+. The van der Waals surface area contributed by atoms with Crippen molar-refractivity contribution < 1.29 is 9.90 Å². The molecule has 1 aliphatic heterocycles. The van der Waals surface area contributed by atoms with Crippen molar-refractivity contribution in [3.8, 4) is 0 Å². The number of piperazine rings is 1. The molecule has 0 amide bonds. The summed E-state index contributed by atoms with van der Waals surface area (Å²) in [6.45, 7) is 7.46. The van der Waals surface area contributed by atoms with Crippen LogP contribution in [0.15, 0.2) is 34.6 Å². The number of hydrogen-bond donors (Lipinski definition) is 1. The molecule has 0 radical (unpaired) electrons. The Kier molecular flexibility index (Phi) is 6.90. The van der Waals surface area contributed by atoms with Gasteiger partial charge in [-0.1, -0.05) is 13.8 Å². The second kappa shape index (κ2) is 9.84. The molecule has 0 aliphatic carbocycles. The van der Waals surface area contributed by atoms with E-state index in [1.165, 1.54) is 10.5 Å². The summed E-state index contributed by atoms with van der Waals surface area (Å²) in [5, 5.41) is 12.3. The first kappa shape index (κ1) is 23.1. The molecule has 0 saturated carbocycles. The molecular weight excluding hydrogens is 438 g/mol. The Labute approximate surface area is 196 Å². The number of rotatable bonds is 7. The van der Waals surface area contributed by atoms with Crippen LogP contribution in [0.1, 0.15) is 41.6 Å². The average molecular weight is 468 g/mol. The molecule has 1 saturated heterocycles. The number of aliphatic carboxylic acids is 1. The second-order valence-electron chi connectivity index (χ2n) is 8.70. The van der Waals surface area contributed by atoms with Gasteiger partial charge >= 0.3 is 5.97 Å². The SMILES string of the molecule is CC(C)c1csc(CCc2ccn3c(=O)c(/C=C/C(=O)O)c(N4CCN(C)CC4)nc3c2)n1. The highest BCUT2D eigenvalue weighted by atomic mass is 32.1. The fourth-order valence-electron chi connectivity index (χ4n) is 3.85. The molecule has 1 fully saturated rings. The van der Waals surface area contributed by atoms with E-state index in [1.807, 2.05) is 12.1 Å². The molecule has 1 aliphatic rings. The lowest BCUT2D eigenvalue weighted by molar-refractivity contribution is -0.131. The second-order valence-corrected chi connectivity index (χ2v) is 9.64. The Morgan fingerprint density at radius 3 is 2.64 bits per heavy atom. The quantitative estimate of drug-likeness (QED) is 0.534. The Morgan fingerprint density at radius 2 is 1.97 bits per heavy atom. The van der Waals surface area contributed by atoms with Crippen LogP contribution in [0.5, 0.6) is 0 Å². The van der Waals surface area contributed by atoms with E-state index in [-0.39, 0.29) is 5.56 Å². The number of aromatic nitrogens is 3. The molecule has 9 heteroatoms. The van der Waals surface area contributed by atoms with Gasteiger partial charge in [0.2, 0.25) is 0 Å². The topological polar surface area (TPSA) is 91.0 Å². The van der Waals surface area contributed by atoms with E-state index in [0.29, 0.717) is 22.9 Å². The molecule has 4 rings (SSSR count). The van der Waals surface area contributed by atoms with E-state index in [1.54, 1.807) is 17.5 Å². The van der Waals surface area contributed by atoms with Gasteiger partial charge in [0.15, 0.2) is 0 Å². The summed E-state index contributed by atoms with van der Waals surface area (Å²) in [6, 6.07) is 3.87. The van der Waals surface area contributed by atoms with Crippen molar-refractivity contribution in [3.63, 3.8) is 0 Å². The summed E-state index contributed by atoms with van der Waals surface area (Å²) in [4.78, 5) is 38.2. The zero-order valence-electron chi connectivity index (χ0n) is 19.2. The van der Waals surface area contributed by atoms with Gasteiger partial charge in [0.05, 0.1) is 16.3 Å². The number of carboxylic acids is 1. The summed E-state index contributed by atoms with van der Waals surface area (Å²) in [6.07, 6.45) is 5.73. The minimum Gasteiger partial charge on any atom is -0.478 e. The molecule has 0 bridgehead atoms. The molecule has 1 N–H and O–H groups in total. The van der Waals surface area contributed by atoms with Crippen molar-refractivity contribution in [1.29, 1.82) is 0 Å². The Balaban J connectivity index is 1.67. The Bertz CT molecular complexity index is 1240. The van der Waals surface area contributed by atoms with Crippen molar-refractivity contribution in [3.05, 3.63) is 62.0 Å². The molecule has 0 unspecified atom stereocenters. The van der Waals surface area contributed by atoms with Crippen LogP contribution >= 0.6 is 11.3 Å². The van der Waals surface area contributed by atoms with Crippen molar-refractivity contribution in [1.82, 2.24) is 19.3 Å². The highest BCUT2D eigenvalue weighted by Gasteiger charge is 2.21. The van der Waals surface area contributed by atoms with E-state index in [2.05, 4.69) is 36.1 Å². The molecule has 3 aromatic heterocycles. The fraction of sp³-hybridized carbons (Fsp3) is 0.417. The third-order valence-corrected chi connectivity index (χ3v) is 6.82. The number of fused-ring (bicyclic) bond motifs is 1. The van der Waals surface area contributed by atoms with Crippen molar-refractivity contribution in [2.75, 3.05) is 38.1 Å². The molecule has 0 atom stereocenters. The first-order valence-corrected chi connectivity index (χ1v) is 12.0. The van der Waals surface area contributed by atoms with E-state index in [9.17, 15) is 9.59 Å². The minimum atomic E-state index is -1.10. The largest absolute Gasteiger partial charge is 0.478 e. The number of anilines is 1. The van der Waals surface area contributed by atoms with Gasteiger partial charge in [0, 0.05) is 50.3 Å². The van der Waals surface area contributed by atoms with Crippen LogP contribution < -0.4 is 10.5 Å². The first-order chi connectivity index (χ1) is 15.8. The Morgan fingerprint density at radius 1 is 1.21 bits per heavy atom. The van der Waals surface area contributed by atoms with Crippen LogP contribution in [0, 0.1) is 0 Å². The summed E-state index contributed by atoms with van der Waals surface area (Å²) in [7, 11) is 2.06. The predicted octanol–water partition coefficient (Wildman–Crippen LogP) is 2.91. The zero-order chi connectivity index (χ0) is 23.5. The number of carbonyl (C=O) groups is 1. The van der Waals surface area contributed by atoms with Gasteiger partial charge in [-0.05, 0) is 43.2 Å². The lowest BCUT2D eigenvalue weighted by atomic mass is 10.1. The highest BCUT2D eigenvalue weighted by molar-refractivity contribution is 7.09. The normalized spacial score (nSPS) is 15.2. The molecular formula is C24H29N5O3S. The van der Waals surface area contributed by atoms with Crippen LogP contribution in [0.25, 0.3) is 11.7 Å². The van der Waals surface area contributed by atoms with Gasteiger partial charge < -0.3 is 14.9 Å². The molecule has 33 heavy (non-hydrogen) atoms. The molecule has 174 valence electrons. The van der Waals surface area contributed by atoms with Crippen LogP contribution in [-0.4, -0.2) is 63.6 Å². The van der Waals surface area contributed by atoms with E-state index in [0.717, 1.165) is 61.4 Å². The van der Waals surface area contributed by atoms with Gasteiger partial charge in [-0.3, -0.25) is 9.20 Å². The number of aryl methyl sites for hydroxylation is 2. The lowest BCUT2D eigenvalue weighted by Gasteiger charge is -2.34. The smallest absolute Gasteiger partial charge is 0.328 e. The first-order valence-electron chi connectivity index (χ1n) is 11.2. The van der Waals surface area contributed by atoms with E-state index < -0.39 is 5.97 Å². The van der Waals surface area contributed by atoms with Crippen molar-refractivity contribution in [2.45, 2.75) is 32.6 Å². The molecule has 0 aromatic carbocycles. The maximum absolute atomic E-state index is 13.3. The maximum Gasteiger partial charge on any atom is 0.328 e.